The van der Waals surface area contributed by atoms with Crippen LogP contribution in [0.4, 0.5) is 0 Å². The maximum Gasteiger partial charge on any atom is 0.220 e. The molecule has 0 saturated carbocycles. The topological polar surface area (TPSA) is 74.3 Å². The van der Waals surface area contributed by atoms with E-state index in [1.807, 2.05) is 6.07 Å². The predicted octanol–water partition coefficient (Wildman–Crippen LogP) is 3.40. The number of aromatic amines is 1. The van der Waals surface area contributed by atoms with Gasteiger partial charge in [-0.15, -0.1) is 0 Å². The van der Waals surface area contributed by atoms with Crippen LogP contribution < -0.4 is 5.32 Å². The number of para-hydroxylation sites is 1. The van der Waals surface area contributed by atoms with E-state index in [1.165, 1.54) is 10.9 Å². The van der Waals surface area contributed by atoms with Crippen LogP contribution in [-0.4, -0.2) is 35.8 Å². The third kappa shape index (κ3) is 3.94. The third-order valence-electron chi connectivity index (χ3n) is 5.35. The second kappa shape index (κ2) is 8.69. The third-order valence-corrected chi connectivity index (χ3v) is 5.35. The SMILES string of the molecule is CCCCNC(=O)CCC1(CCCO)OCCc2c1[nH]c1ccccc21. The number of amides is 1. The zero-order valence-electron chi connectivity index (χ0n) is 15.6. The summed E-state index contributed by atoms with van der Waals surface area (Å²) in [5.41, 5.74) is 3.00. The van der Waals surface area contributed by atoms with Crippen molar-refractivity contribution >= 4 is 16.8 Å². The quantitative estimate of drug-likeness (QED) is 0.602. The van der Waals surface area contributed by atoms with E-state index in [-0.39, 0.29) is 12.5 Å². The summed E-state index contributed by atoms with van der Waals surface area (Å²) in [5.74, 6) is 0.0775. The van der Waals surface area contributed by atoms with Crippen molar-refractivity contribution in [2.24, 2.45) is 0 Å². The smallest absolute Gasteiger partial charge is 0.220 e. The molecule has 3 N–H and O–H groups in total. The van der Waals surface area contributed by atoms with Crippen LogP contribution >= 0.6 is 0 Å². The maximum absolute atomic E-state index is 12.2. The van der Waals surface area contributed by atoms with Crippen molar-refractivity contribution in [2.75, 3.05) is 19.8 Å². The number of carbonyl (C=O) groups excluding carboxylic acids is 1. The lowest BCUT2D eigenvalue weighted by Crippen LogP contribution is -2.37. The van der Waals surface area contributed by atoms with Gasteiger partial charge in [-0.05, 0) is 43.7 Å². The maximum atomic E-state index is 12.2. The molecule has 1 amide bonds. The second-order valence-electron chi connectivity index (χ2n) is 7.15. The summed E-state index contributed by atoms with van der Waals surface area (Å²) >= 11 is 0. The molecule has 1 aromatic carbocycles. The molecule has 1 atom stereocenters. The molecular formula is C21H30N2O3. The van der Waals surface area contributed by atoms with Gasteiger partial charge in [0.2, 0.25) is 5.91 Å². The molecule has 1 unspecified atom stereocenters. The van der Waals surface area contributed by atoms with E-state index in [0.717, 1.165) is 37.0 Å². The van der Waals surface area contributed by atoms with Crippen molar-refractivity contribution in [3.63, 3.8) is 0 Å². The highest BCUT2D eigenvalue weighted by Crippen LogP contribution is 2.42. The molecule has 1 aromatic heterocycles. The zero-order valence-corrected chi connectivity index (χ0v) is 15.6. The van der Waals surface area contributed by atoms with Crippen LogP contribution in [0.1, 0.15) is 56.7 Å². The van der Waals surface area contributed by atoms with Gasteiger partial charge >= 0.3 is 0 Å². The van der Waals surface area contributed by atoms with Gasteiger partial charge < -0.3 is 20.1 Å². The summed E-state index contributed by atoms with van der Waals surface area (Å²) in [6.07, 6.45) is 5.39. The Labute approximate surface area is 155 Å². The molecule has 3 rings (SSSR count). The van der Waals surface area contributed by atoms with Gasteiger partial charge in [0.05, 0.1) is 12.3 Å². The lowest BCUT2D eigenvalue weighted by molar-refractivity contribution is -0.125. The predicted molar refractivity (Wildman–Crippen MR) is 103 cm³/mol. The van der Waals surface area contributed by atoms with Gasteiger partial charge in [0.25, 0.3) is 0 Å². The molecule has 142 valence electrons. The van der Waals surface area contributed by atoms with Gasteiger partial charge in [0, 0.05) is 30.5 Å². The van der Waals surface area contributed by atoms with Crippen LogP contribution in [0.5, 0.6) is 0 Å². The van der Waals surface area contributed by atoms with Gasteiger partial charge in [-0.2, -0.15) is 0 Å². The molecule has 0 aliphatic carbocycles. The minimum absolute atomic E-state index is 0.0775. The Kier molecular flexibility index (Phi) is 6.33. The largest absolute Gasteiger partial charge is 0.396 e. The van der Waals surface area contributed by atoms with Crippen LogP contribution in [0, 0.1) is 0 Å². The number of hydrogen-bond acceptors (Lipinski definition) is 3. The molecule has 0 saturated heterocycles. The Morgan fingerprint density at radius 3 is 2.96 bits per heavy atom. The van der Waals surface area contributed by atoms with Crippen LogP contribution in [0.2, 0.25) is 0 Å². The van der Waals surface area contributed by atoms with Crippen LogP contribution in [-0.2, 0) is 21.6 Å². The van der Waals surface area contributed by atoms with Gasteiger partial charge in [-0.25, -0.2) is 0 Å². The number of rotatable bonds is 9. The summed E-state index contributed by atoms with van der Waals surface area (Å²) < 4.78 is 6.28. The standard InChI is InChI=1S/C21H30N2O3/c1-2-3-13-22-19(25)9-12-21(11-6-14-24)20-17(10-15-26-21)16-7-4-5-8-18(16)23-20/h4-5,7-8,23-24H,2-3,6,9-15H2,1H3,(H,22,25). The summed E-state index contributed by atoms with van der Waals surface area (Å²) in [4.78, 5) is 15.8. The Morgan fingerprint density at radius 2 is 2.15 bits per heavy atom. The number of nitrogens with one attached hydrogen (secondary N) is 2. The number of hydrogen-bond donors (Lipinski definition) is 3. The van der Waals surface area contributed by atoms with E-state index >= 15 is 0 Å². The van der Waals surface area contributed by atoms with Crippen molar-refractivity contribution in [3.8, 4) is 0 Å². The lowest BCUT2D eigenvalue weighted by Gasteiger charge is -2.37. The fraction of sp³-hybridized carbons (Fsp3) is 0.571. The fourth-order valence-electron chi connectivity index (χ4n) is 3.96. The molecule has 0 radical (unpaired) electrons. The minimum Gasteiger partial charge on any atom is -0.396 e. The summed E-state index contributed by atoms with van der Waals surface area (Å²) in [5, 5.41) is 13.6. The normalized spacial score (nSPS) is 19.5. The summed E-state index contributed by atoms with van der Waals surface area (Å²) in [6, 6.07) is 8.32. The van der Waals surface area contributed by atoms with E-state index < -0.39 is 5.60 Å². The zero-order chi connectivity index (χ0) is 18.4. The highest BCUT2D eigenvalue weighted by atomic mass is 16.5. The molecule has 1 aliphatic rings. The van der Waals surface area contributed by atoms with Crippen LogP contribution in [0.25, 0.3) is 10.9 Å². The highest BCUT2D eigenvalue weighted by Gasteiger charge is 2.39. The number of ether oxygens (including phenoxy) is 1. The number of fused-ring (bicyclic) bond motifs is 3. The molecule has 1 aliphatic heterocycles. The first kappa shape index (κ1) is 18.9. The number of aliphatic hydroxyl groups excluding tert-OH is 1. The highest BCUT2D eigenvalue weighted by molar-refractivity contribution is 5.85. The molecule has 2 aromatic rings. The van der Waals surface area contributed by atoms with Gasteiger partial charge in [-0.1, -0.05) is 31.5 Å². The summed E-state index contributed by atoms with van der Waals surface area (Å²) in [7, 11) is 0. The molecule has 0 bridgehead atoms. The van der Waals surface area contributed by atoms with Crippen molar-refractivity contribution in [1.82, 2.24) is 10.3 Å². The average molecular weight is 358 g/mol. The first-order valence-electron chi connectivity index (χ1n) is 9.82. The Hall–Kier alpha value is -1.85. The van der Waals surface area contributed by atoms with Crippen molar-refractivity contribution in [2.45, 2.75) is 57.5 Å². The van der Waals surface area contributed by atoms with Gasteiger partial charge in [0.15, 0.2) is 0 Å². The number of aliphatic hydroxyl groups is 1. The molecule has 2 heterocycles. The molecular weight excluding hydrogens is 328 g/mol. The van der Waals surface area contributed by atoms with E-state index in [1.54, 1.807) is 0 Å². The number of unbranched alkanes of at least 4 members (excludes halogenated alkanes) is 1. The number of carbonyl (C=O) groups is 1. The van der Waals surface area contributed by atoms with Crippen molar-refractivity contribution in [3.05, 3.63) is 35.5 Å². The van der Waals surface area contributed by atoms with Crippen molar-refractivity contribution in [1.29, 1.82) is 0 Å². The van der Waals surface area contributed by atoms with Crippen LogP contribution in [0.3, 0.4) is 0 Å². The lowest BCUT2D eigenvalue weighted by atomic mass is 9.83. The second-order valence-corrected chi connectivity index (χ2v) is 7.15. The number of benzene rings is 1. The Balaban J connectivity index is 1.83. The Morgan fingerprint density at radius 1 is 1.31 bits per heavy atom. The molecule has 0 spiro atoms. The van der Waals surface area contributed by atoms with Crippen molar-refractivity contribution < 1.29 is 14.6 Å². The van der Waals surface area contributed by atoms with Gasteiger partial charge in [0.1, 0.15) is 5.60 Å². The van der Waals surface area contributed by atoms with Crippen LogP contribution in [0.15, 0.2) is 24.3 Å². The van der Waals surface area contributed by atoms with Gasteiger partial charge in [-0.3, -0.25) is 4.79 Å². The average Bonchev–Trinajstić information content (AvgIpc) is 3.05. The first-order valence-corrected chi connectivity index (χ1v) is 9.82. The number of H-pyrrole nitrogens is 1. The summed E-state index contributed by atoms with van der Waals surface area (Å²) in [6.45, 7) is 3.63. The number of aromatic nitrogens is 1. The fourth-order valence-corrected chi connectivity index (χ4v) is 3.96. The molecule has 0 fully saturated rings. The molecule has 5 nitrogen and oxygen atoms in total. The van der Waals surface area contributed by atoms with E-state index in [9.17, 15) is 9.90 Å². The van der Waals surface area contributed by atoms with E-state index in [0.29, 0.717) is 32.3 Å². The monoisotopic (exact) mass is 358 g/mol. The first-order chi connectivity index (χ1) is 12.7. The molecule has 26 heavy (non-hydrogen) atoms. The van der Waals surface area contributed by atoms with E-state index in [4.69, 9.17) is 4.74 Å². The van der Waals surface area contributed by atoms with E-state index in [2.05, 4.69) is 35.4 Å². The molecule has 5 heteroatoms. The minimum atomic E-state index is -0.516. The Bertz CT molecular complexity index is 740.